The molecule has 8 heteroatoms. The maximum Gasteiger partial charge on any atom is 0.320 e. The first-order chi connectivity index (χ1) is 12.2. The highest BCUT2D eigenvalue weighted by atomic mass is 16.6. The Morgan fingerprint density at radius 2 is 1.16 bits per heavy atom. The van der Waals surface area contributed by atoms with Crippen molar-refractivity contribution in [2.24, 2.45) is 5.92 Å². The molecule has 25 heavy (non-hydrogen) atoms. The van der Waals surface area contributed by atoms with Gasteiger partial charge >= 0.3 is 11.9 Å². The van der Waals surface area contributed by atoms with Crippen molar-refractivity contribution in [3.05, 3.63) is 0 Å². The molecule has 0 aliphatic heterocycles. The van der Waals surface area contributed by atoms with Gasteiger partial charge < -0.3 is 28.4 Å². The minimum Gasteiger partial charge on any atom is -0.463 e. The summed E-state index contributed by atoms with van der Waals surface area (Å²) in [6.45, 7) is 4.52. The van der Waals surface area contributed by atoms with Crippen molar-refractivity contribution < 1.29 is 38.0 Å². The Morgan fingerprint density at radius 3 is 1.56 bits per heavy atom. The molecule has 0 aliphatic carbocycles. The second-order valence-corrected chi connectivity index (χ2v) is 5.24. The van der Waals surface area contributed by atoms with Gasteiger partial charge in [-0.25, -0.2) is 0 Å². The Hall–Kier alpha value is -1.22. The number of carbonyl (C=O) groups is 2. The van der Waals surface area contributed by atoms with Crippen molar-refractivity contribution in [2.75, 3.05) is 67.1 Å². The summed E-state index contributed by atoms with van der Waals surface area (Å²) in [5, 5.41) is 0. The van der Waals surface area contributed by atoms with Crippen LogP contribution in [0.3, 0.4) is 0 Å². The van der Waals surface area contributed by atoms with Gasteiger partial charge in [-0.2, -0.15) is 0 Å². The van der Waals surface area contributed by atoms with Gasteiger partial charge in [0.2, 0.25) is 0 Å². The minimum atomic E-state index is -0.905. The van der Waals surface area contributed by atoms with Crippen molar-refractivity contribution in [3.63, 3.8) is 0 Å². The maximum atomic E-state index is 12.1. The summed E-state index contributed by atoms with van der Waals surface area (Å²) in [4.78, 5) is 24.2. The predicted octanol–water partition coefficient (Wildman–Crippen LogP) is 1.21. The van der Waals surface area contributed by atoms with E-state index in [1.165, 1.54) is 0 Å². The zero-order valence-electron chi connectivity index (χ0n) is 15.6. The van der Waals surface area contributed by atoms with Gasteiger partial charge in [0.25, 0.3) is 0 Å². The van der Waals surface area contributed by atoms with Crippen molar-refractivity contribution in [1.82, 2.24) is 0 Å². The molecule has 0 saturated carbocycles. The molecule has 0 atom stereocenters. The van der Waals surface area contributed by atoms with E-state index in [2.05, 4.69) is 0 Å². The lowest BCUT2D eigenvalue weighted by Gasteiger charge is -2.15. The summed E-state index contributed by atoms with van der Waals surface area (Å²) in [6, 6.07) is 0. The van der Waals surface area contributed by atoms with Crippen LogP contribution in [-0.2, 0) is 38.0 Å². The highest BCUT2D eigenvalue weighted by Gasteiger charge is 2.29. The molecule has 0 rings (SSSR count). The van der Waals surface area contributed by atoms with Gasteiger partial charge in [-0.3, -0.25) is 9.59 Å². The van der Waals surface area contributed by atoms with Crippen LogP contribution in [0.25, 0.3) is 0 Å². The molecule has 0 amide bonds. The molecule has 0 aromatic carbocycles. The van der Waals surface area contributed by atoms with E-state index in [0.717, 1.165) is 12.8 Å². The molecule has 8 nitrogen and oxygen atoms in total. The second kappa shape index (κ2) is 17.6. The van der Waals surface area contributed by atoms with Crippen LogP contribution >= 0.6 is 0 Å². The number of methoxy groups -OCH3 is 2. The van der Waals surface area contributed by atoms with E-state index in [1.807, 2.05) is 6.92 Å². The smallest absolute Gasteiger partial charge is 0.320 e. The molecule has 148 valence electrons. The quantitative estimate of drug-likeness (QED) is 0.216. The number of carbonyl (C=O) groups excluding carboxylic acids is 2. The van der Waals surface area contributed by atoms with Crippen LogP contribution in [0, 0.1) is 5.92 Å². The lowest BCUT2D eigenvalue weighted by Crippen LogP contribution is -2.30. The first-order valence-electron chi connectivity index (χ1n) is 8.64. The van der Waals surface area contributed by atoms with Crippen LogP contribution in [0.1, 0.15) is 26.2 Å². The highest BCUT2D eigenvalue weighted by molar-refractivity contribution is 5.94. The fourth-order valence-corrected chi connectivity index (χ4v) is 1.83. The summed E-state index contributed by atoms with van der Waals surface area (Å²) in [7, 11) is 3.16. The van der Waals surface area contributed by atoms with E-state index in [4.69, 9.17) is 28.4 Å². The zero-order valence-corrected chi connectivity index (χ0v) is 15.6. The zero-order chi connectivity index (χ0) is 18.8. The van der Waals surface area contributed by atoms with E-state index >= 15 is 0 Å². The number of unbranched alkanes of at least 4 members (excludes halogenated alkanes) is 1. The molecule has 0 aromatic heterocycles. The summed E-state index contributed by atoms with van der Waals surface area (Å²) >= 11 is 0. The van der Waals surface area contributed by atoms with E-state index in [1.54, 1.807) is 14.2 Å². The first-order valence-corrected chi connectivity index (χ1v) is 8.64. The second-order valence-electron chi connectivity index (χ2n) is 5.24. The Bertz CT molecular complexity index is 307. The van der Waals surface area contributed by atoms with E-state index in [-0.39, 0.29) is 26.4 Å². The van der Waals surface area contributed by atoms with Crippen LogP contribution in [0.5, 0.6) is 0 Å². The topological polar surface area (TPSA) is 89.5 Å². The summed E-state index contributed by atoms with van der Waals surface area (Å²) < 4.78 is 30.3. The number of esters is 2. The third kappa shape index (κ3) is 13.7. The molecule has 0 aromatic rings. The van der Waals surface area contributed by atoms with Gasteiger partial charge in [0, 0.05) is 14.2 Å². The van der Waals surface area contributed by atoms with Gasteiger partial charge in [-0.1, -0.05) is 19.8 Å². The molecule has 0 bridgehead atoms. The molecule has 0 aliphatic rings. The molecule has 0 unspecified atom stereocenters. The number of hydrogen-bond acceptors (Lipinski definition) is 8. The predicted molar refractivity (Wildman–Crippen MR) is 90.3 cm³/mol. The standard InChI is InChI=1S/C17H32O8/c1-4-5-6-15(16(18)24-13-11-22-9-7-20-2)17(19)25-14-12-23-10-8-21-3/h15H,4-14H2,1-3H3. The average molecular weight is 364 g/mol. The number of rotatable bonds is 17. The maximum absolute atomic E-state index is 12.1. The lowest BCUT2D eigenvalue weighted by molar-refractivity contribution is -0.164. The molecular weight excluding hydrogens is 332 g/mol. The number of ether oxygens (including phenoxy) is 6. The van der Waals surface area contributed by atoms with Crippen LogP contribution < -0.4 is 0 Å². The van der Waals surface area contributed by atoms with Gasteiger partial charge in [0.15, 0.2) is 5.92 Å². The molecule has 0 fully saturated rings. The molecule has 0 spiro atoms. The van der Waals surface area contributed by atoms with Crippen LogP contribution in [-0.4, -0.2) is 79.0 Å². The summed E-state index contributed by atoms with van der Waals surface area (Å²) in [6.07, 6.45) is 2.02. The van der Waals surface area contributed by atoms with Crippen molar-refractivity contribution in [1.29, 1.82) is 0 Å². The monoisotopic (exact) mass is 364 g/mol. The normalized spacial score (nSPS) is 10.9. The third-order valence-electron chi connectivity index (χ3n) is 3.22. The highest BCUT2D eigenvalue weighted by Crippen LogP contribution is 2.13. The fraction of sp³-hybridized carbons (Fsp3) is 0.882. The van der Waals surface area contributed by atoms with Gasteiger partial charge in [0.1, 0.15) is 13.2 Å². The average Bonchev–Trinajstić information content (AvgIpc) is 2.61. The van der Waals surface area contributed by atoms with Crippen molar-refractivity contribution in [3.8, 4) is 0 Å². The first kappa shape index (κ1) is 23.8. The molecule has 0 heterocycles. The van der Waals surface area contributed by atoms with E-state index in [0.29, 0.717) is 32.8 Å². The third-order valence-corrected chi connectivity index (χ3v) is 3.22. The molecule has 0 saturated heterocycles. The van der Waals surface area contributed by atoms with Crippen molar-refractivity contribution >= 4 is 11.9 Å². The molecule has 0 N–H and O–H groups in total. The van der Waals surface area contributed by atoms with E-state index < -0.39 is 17.9 Å². The largest absolute Gasteiger partial charge is 0.463 e. The van der Waals surface area contributed by atoms with Gasteiger partial charge in [0.05, 0.1) is 39.6 Å². The summed E-state index contributed by atoms with van der Waals surface area (Å²) in [5.41, 5.74) is 0. The fourth-order valence-electron chi connectivity index (χ4n) is 1.83. The Labute approximate surface area is 150 Å². The Balaban J connectivity index is 4.09. The Morgan fingerprint density at radius 1 is 0.720 bits per heavy atom. The minimum absolute atomic E-state index is 0.0958. The van der Waals surface area contributed by atoms with E-state index in [9.17, 15) is 9.59 Å². The lowest BCUT2D eigenvalue weighted by atomic mass is 10.0. The molecule has 0 radical (unpaired) electrons. The SMILES string of the molecule is CCCCC(C(=O)OCCOCCOC)C(=O)OCCOCCOC. The van der Waals surface area contributed by atoms with Crippen molar-refractivity contribution in [2.45, 2.75) is 26.2 Å². The molecular formula is C17H32O8. The Kier molecular flexibility index (Phi) is 16.7. The van der Waals surface area contributed by atoms with Gasteiger partial charge in [-0.05, 0) is 6.42 Å². The summed E-state index contributed by atoms with van der Waals surface area (Å²) in [5.74, 6) is -2.05. The van der Waals surface area contributed by atoms with Crippen LogP contribution in [0.4, 0.5) is 0 Å². The number of hydrogen-bond donors (Lipinski definition) is 0. The van der Waals surface area contributed by atoms with Crippen LogP contribution in [0.15, 0.2) is 0 Å². The van der Waals surface area contributed by atoms with Crippen LogP contribution in [0.2, 0.25) is 0 Å². The van der Waals surface area contributed by atoms with Gasteiger partial charge in [-0.15, -0.1) is 0 Å².